The van der Waals surface area contributed by atoms with E-state index in [4.69, 9.17) is 5.73 Å². The SMILES string of the molecule is NC1(CC2CC2)CC1C1CC1. The molecule has 0 aromatic carbocycles. The van der Waals surface area contributed by atoms with Crippen LogP contribution in [0.4, 0.5) is 0 Å². The fourth-order valence-electron chi connectivity index (χ4n) is 2.58. The van der Waals surface area contributed by atoms with Crippen molar-refractivity contribution in [3.05, 3.63) is 0 Å². The van der Waals surface area contributed by atoms with Crippen LogP contribution < -0.4 is 5.73 Å². The third-order valence-electron chi connectivity index (χ3n) is 3.73. The van der Waals surface area contributed by atoms with Gasteiger partial charge in [0.1, 0.15) is 0 Å². The first kappa shape index (κ1) is 6.47. The lowest BCUT2D eigenvalue weighted by molar-refractivity contribution is 0.487. The molecule has 2 atom stereocenters. The molecule has 2 N–H and O–H groups in total. The molecule has 0 saturated heterocycles. The molecule has 11 heavy (non-hydrogen) atoms. The van der Waals surface area contributed by atoms with Gasteiger partial charge >= 0.3 is 0 Å². The maximum absolute atomic E-state index is 6.27. The van der Waals surface area contributed by atoms with Gasteiger partial charge in [-0.05, 0) is 43.4 Å². The van der Waals surface area contributed by atoms with Crippen molar-refractivity contribution in [3.63, 3.8) is 0 Å². The van der Waals surface area contributed by atoms with Crippen LogP contribution in [0.2, 0.25) is 0 Å². The van der Waals surface area contributed by atoms with Crippen molar-refractivity contribution in [1.29, 1.82) is 0 Å². The second-order valence-corrected chi connectivity index (χ2v) is 5.03. The molecule has 0 bridgehead atoms. The largest absolute Gasteiger partial charge is 0.325 e. The van der Waals surface area contributed by atoms with Crippen LogP contribution in [-0.4, -0.2) is 5.54 Å². The number of nitrogens with two attached hydrogens (primary N) is 1. The summed E-state index contributed by atoms with van der Waals surface area (Å²) in [6, 6.07) is 0. The molecule has 0 aromatic rings. The first-order valence-corrected chi connectivity index (χ1v) is 5.07. The molecule has 0 aliphatic heterocycles. The van der Waals surface area contributed by atoms with E-state index in [-0.39, 0.29) is 0 Å². The van der Waals surface area contributed by atoms with E-state index in [1.165, 1.54) is 38.5 Å². The van der Waals surface area contributed by atoms with E-state index in [1.807, 2.05) is 0 Å². The molecule has 0 radical (unpaired) electrons. The van der Waals surface area contributed by atoms with Gasteiger partial charge in [-0.3, -0.25) is 0 Å². The van der Waals surface area contributed by atoms with Crippen LogP contribution in [-0.2, 0) is 0 Å². The lowest BCUT2D eigenvalue weighted by Gasteiger charge is -2.09. The third kappa shape index (κ3) is 1.10. The molecule has 1 heteroatoms. The smallest absolute Gasteiger partial charge is 0.0192 e. The highest BCUT2D eigenvalue weighted by Gasteiger charge is 2.58. The average Bonchev–Trinajstić information content (AvgIpc) is 2.59. The molecule has 2 unspecified atom stereocenters. The van der Waals surface area contributed by atoms with Gasteiger partial charge < -0.3 is 5.73 Å². The molecular weight excluding hydrogens is 134 g/mol. The van der Waals surface area contributed by atoms with E-state index in [1.54, 1.807) is 0 Å². The van der Waals surface area contributed by atoms with E-state index < -0.39 is 0 Å². The Bertz CT molecular complexity index is 181. The lowest BCUT2D eigenvalue weighted by atomic mass is 10.0. The van der Waals surface area contributed by atoms with Crippen molar-refractivity contribution in [1.82, 2.24) is 0 Å². The van der Waals surface area contributed by atoms with Gasteiger partial charge in [0, 0.05) is 5.54 Å². The summed E-state index contributed by atoms with van der Waals surface area (Å²) in [5, 5.41) is 0. The van der Waals surface area contributed by atoms with Crippen LogP contribution in [0.3, 0.4) is 0 Å². The van der Waals surface area contributed by atoms with Crippen molar-refractivity contribution < 1.29 is 0 Å². The Kier molecular flexibility index (Phi) is 1.07. The maximum atomic E-state index is 6.27. The average molecular weight is 151 g/mol. The predicted molar refractivity (Wildman–Crippen MR) is 45.1 cm³/mol. The molecule has 3 aliphatic carbocycles. The molecule has 62 valence electrons. The van der Waals surface area contributed by atoms with E-state index in [9.17, 15) is 0 Å². The second-order valence-electron chi connectivity index (χ2n) is 5.03. The summed E-state index contributed by atoms with van der Waals surface area (Å²) >= 11 is 0. The fraction of sp³-hybridized carbons (Fsp3) is 1.00. The minimum Gasteiger partial charge on any atom is -0.325 e. The van der Waals surface area contributed by atoms with Gasteiger partial charge in [-0.15, -0.1) is 0 Å². The van der Waals surface area contributed by atoms with E-state index in [0.29, 0.717) is 5.54 Å². The third-order valence-corrected chi connectivity index (χ3v) is 3.73. The van der Waals surface area contributed by atoms with Gasteiger partial charge in [0.2, 0.25) is 0 Å². The molecule has 1 nitrogen and oxygen atoms in total. The lowest BCUT2D eigenvalue weighted by Crippen LogP contribution is -2.26. The van der Waals surface area contributed by atoms with Crippen LogP contribution in [0.25, 0.3) is 0 Å². The molecule has 0 amide bonds. The first-order valence-electron chi connectivity index (χ1n) is 5.07. The quantitative estimate of drug-likeness (QED) is 0.655. The summed E-state index contributed by atoms with van der Waals surface area (Å²) in [7, 11) is 0. The van der Waals surface area contributed by atoms with Gasteiger partial charge in [0.25, 0.3) is 0 Å². The number of rotatable bonds is 3. The Labute approximate surface area is 68.3 Å². The fourth-order valence-corrected chi connectivity index (χ4v) is 2.58. The van der Waals surface area contributed by atoms with Gasteiger partial charge in [-0.1, -0.05) is 12.8 Å². The highest BCUT2D eigenvalue weighted by atomic mass is 14.9. The van der Waals surface area contributed by atoms with Crippen LogP contribution >= 0.6 is 0 Å². The molecule has 3 rings (SSSR count). The van der Waals surface area contributed by atoms with Crippen molar-refractivity contribution in [2.75, 3.05) is 0 Å². The van der Waals surface area contributed by atoms with Crippen LogP contribution in [0.1, 0.15) is 38.5 Å². The summed E-state index contributed by atoms with van der Waals surface area (Å²) in [6.07, 6.45) is 8.61. The zero-order valence-electron chi connectivity index (χ0n) is 7.05. The Hall–Kier alpha value is -0.0400. The second kappa shape index (κ2) is 1.82. The molecule has 3 fully saturated rings. The van der Waals surface area contributed by atoms with Crippen molar-refractivity contribution in [2.24, 2.45) is 23.5 Å². The molecular formula is C10H17N. The van der Waals surface area contributed by atoms with Crippen molar-refractivity contribution >= 4 is 0 Å². The van der Waals surface area contributed by atoms with Crippen LogP contribution in [0.15, 0.2) is 0 Å². The highest BCUT2D eigenvalue weighted by molar-refractivity contribution is 5.14. The minimum absolute atomic E-state index is 0.336. The normalized spacial score (nSPS) is 49.4. The maximum Gasteiger partial charge on any atom is 0.0192 e. The predicted octanol–water partition coefficient (Wildman–Crippen LogP) is 1.91. The zero-order chi connectivity index (χ0) is 7.47. The topological polar surface area (TPSA) is 26.0 Å². The Balaban J connectivity index is 1.59. The van der Waals surface area contributed by atoms with Gasteiger partial charge in [0.05, 0.1) is 0 Å². The summed E-state index contributed by atoms with van der Waals surface area (Å²) in [5.41, 5.74) is 6.61. The summed E-state index contributed by atoms with van der Waals surface area (Å²) in [6.45, 7) is 0. The van der Waals surface area contributed by atoms with E-state index in [2.05, 4.69) is 0 Å². The van der Waals surface area contributed by atoms with Gasteiger partial charge in [0.15, 0.2) is 0 Å². The minimum atomic E-state index is 0.336. The van der Waals surface area contributed by atoms with E-state index in [0.717, 1.165) is 17.8 Å². The Morgan fingerprint density at radius 3 is 2.45 bits per heavy atom. The van der Waals surface area contributed by atoms with Crippen molar-refractivity contribution in [3.8, 4) is 0 Å². The van der Waals surface area contributed by atoms with Gasteiger partial charge in [-0.25, -0.2) is 0 Å². The van der Waals surface area contributed by atoms with Gasteiger partial charge in [-0.2, -0.15) is 0 Å². The molecule has 3 saturated carbocycles. The standard InChI is InChI=1S/C10H17N/c11-10(5-7-1-2-7)6-9(10)8-3-4-8/h7-9H,1-6,11H2. The number of hydrogen-bond acceptors (Lipinski definition) is 1. The van der Waals surface area contributed by atoms with Crippen molar-refractivity contribution in [2.45, 2.75) is 44.1 Å². The summed E-state index contributed by atoms with van der Waals surface area (Å²) in [5.74, 6) is 3.03. The molecule has 0 aromatic heterocycles. The summed E-state index contributed by atoms with van der Waals surface area (Å²) in [4.78, 5) is 0. The monoisotopic (exact) mass is 151 g/mol. The Morgan fingerprint density at radius 1 is 1.18 bits per heavy atom. The first-order chi connectivity index (χ1) is 5.28. The highest BCUT2D eigenvalue weighted by Crippen LogP contribution is 2.59. The van der Waals surface area contributed by atoms with E-state index >= 15 is 0 Å². The zero-order valence-corrected chi connectivity index (χ0v) is 7.05. The molecule has 3 aliphatic rings. The molecule has 0 heterocycles. The summed E-state index contributed by atoms with van der Waals surface area (Å²) < 4.78 is 0. The number of hydrogen-bond donors (Lipinski definition) is 1. The Morgan fingerprint density at radius 2 is 1.91 bits per heavy atom. The van der Waals surface area contributed by atoms with Crippen LogP contribution in [0.5, 0.6) is 0 Å². The van der Waals surface area contributed by atoms with Crippen LogP contribution in [0, 0.1) is 17.8 Å². The molecule has 0 spiro atoms.